The van der Waals surface area contributed by atoms with Gasteiger partial charge in [0.2, 0.25) is 5.95 Å². The molecule has 1 aliphatic rings. The number of nitrogens with zero attached hydrogens (tertiary/aromatic N) is 5. The van der Waals surface area contributed by atoms with Crippen LogP contribution < -0.4 is 4.90 Å². The van der Waals surface area contributed by atoms with E-state index >= 15 is 0 Å². The molecule has 0 bridgehead atoms. The lowest BCUT2D eigenvalue weighted by Gasteiger charge is -2.17. The van der Waals surface area contributed by atoms with Crippen molar-refractivity contribution in [2.45, 2.75) is 38.7 Å². The van der Waals surface area contributed by atoms with Gasteiger partial charge in [0.25, 0.3) is 0 Å². The zero-order valence-corrected chi connectivity index (χ0v) is 13.3. The predicted molar refractivity (Wildman–Crippen MR) is 82.9 cm³/mol. The molecule has 2 aromatic heterocycles. The highest BCUT2D eigenvalue weighted by Crippen LogP contribution is 2.30. The number of aromatic nitrogens is 5. The average Bonchev–Trinajstić information content (AvgIpc) is 3.22. The van der Waals surface area contributed by atoms with Gasteiger partial charge in [0.1, 0.15) is 0 Å². The highest BCUT2D eigenvalue weighted by Gasteiger charge is 2.36. The molecule has 22 heavy (non-hydrogen) atoms. The highest BCUT2D eigenvalue weighted by atomic mass is 16.5. The SMILES string of the molecule is CCc1cc(CC)nc(N2C[C@@H](OC)[C@H](c3cn[nH]n3)C2)n1. The van der Waals surface area contributed by atoms with Gasteiger partial charge in [0.05, 0.1) is 23.9 Å². The molecule has 1 fully saturated rings. The molecule has 1 aliphatic heterocycles. The molecule has 0 unspecified atom stereocenters. The summed E-state index contributed by atoms with van der Waals surface area (Å²) in [5, 5.41) is 10.8. The van der Waals surface area contributed by atoms with Crippen molar-refractivity contribution in [3.8, 4) is 0 Å². The molecule has 0 spiro atoms. The fraction of sp³-hybridized carbons (Fsp3) is 0.600. The van der Waals surface area contributed by atoms with Gasteiger partial charge in [-0.2, -0.15) is 15.4 Å². The van der Waals surface area contributed by atoms with Gasteiger partial charge >= 0.3 is 0 Å². The van der Waals surface area contributed by atoms with E-state index in [2.05, 4.69) is 50.2 Å². The molecule has 7 heteroatoms. The monoisotopic (exact) mass is 302 g/mol. The third-order valence-electron chi connectivity index (χ3n) is 4.21. The van der Waals surface area contributed by atoms with Crippen LogP contribution in [0.2, 0.25) is 0 Å². The fourth-order valence-electron chi connectivity index (χ4n) is 2.89. The minimum Gasteiger partial charge on any atom is -0.379 e. The van der Waals surface area contributed by atoms with E-state index in [1.165, 1.54) is 0 Å². The lowest BCUT2D eigenvalue weighted by molar-refractivity contribution is 0.105. The van der Waals surface area contributed by atoms with Crippen molar-refractivity contribution in [3.05, 3.63) is 29.3 Å². The Balaban J connectivity index is 1.87. The fourth-order valence-corrected chi connectivity index (χ4v) is 2.89. The van der Waals surface area contributed by atoms with Crippen LogP contribution in [0.25, 0.3) is 0 Å². The Bertz CT molecular complexity index is 592. The van der Waals surface area contributed by atoms with E-state index in [1.54, 1.807) is 13.3 Å². The molecule has 2 aromatic rings. The van der Waals surface area contributed by atoms with Gasteiger partial charge in [-0.25, -0.2) is 9.97 Å². The largest absolute Gasteiger partial charge is 0.379 e. The third kappa shape index (κ3) is 2.81. The minimum absolute atomic E-state index is 0.0732. The Morgan fingerprint density at radius 3 is 2.50 bits per heavy atom. The van der Waals surface area contributed by atoms with Crippen molar-refractivity contribution in [2.24, 2.45) is 0 Å². The number of hydrogen-bond donors (Lipinski definition) is 1. The Labute approximate surface area is 130 Å². The molecular formula is C15H22N6O. The van der Waals surface area contributed by atoms with E-state index in [0.29, 0.717) is 0 Å². The minimum atomic E-state index is 0.0732. The number of rotatable bonds is 5. The highest BCUT2D eigenvalue weighted by molar-refractivity contribution is 5.37. The van der Waals surface area contributed by atoms with Crippen molar-refractivity contribution in [1.29, 1.82) is 0 Å². The maximum absolute atomic E-state index is 5.63. The molecule has 0 amide bonds. The molecule has 3 heterocycles. The first-order valence-electron chi connectivity index (χ1n) is 7.75. The number of H-pyrrole nitrogens is 1. The summed E-state index contributed by atoms with van der Waals surface area (Å²) < 4.78 is 5.63. The Morgan fingerprint density at radius 1 is 1.23 bits per heavy atom. The van der Waals surface area contributed by atoms with Gasteiger partial charge in [-0.15, -0.1) is 0 Å². The second kappa shape index (κ2) is 6.39. The van der Waals surface area contributed by atoms with Gasteiger partial charge in [-0.3, -0.25) is 0 Å². The predicted octanol–water partition coefficient (Wildman–Crippen LogP) is 1.34. The normalized spacial score (nSPS) is 21.5. The molecule has 2 atom stereocenters. The van der Waals surface area contributed by atoms with Crippen molar-refractivity contribution in [1.82, 2.24) is 25.4 Å². The molecule has 0 aromatic carbocycles. The van der Waals surface area contributed by atoms with Crippen LogP contribution >= 0.6 is 0 Å². The van der Waals surface area contributed by atoms with Crippen molar-refractivity contribution in [3.63, 3.8) is 0 Å². The van der Waals surface area contributed by atoms with E-state index in [1.807, 2.05) is 0 Å². The van der Waals surface area contributed by atoms with Gasteiger partial charge in [-0.1, -0.05) is 13.8 Å². The maximum atomic E-state index is 5.63. The Kier molecular flexibility index (Phi) is 4.33. The Morgan fingerprint density at radius 2 is 1.95 bits per heavy atom. The van der Waals surface area contributed by atoms with Crippen LogP contribution in [0.15, 0.2) is 12.3 Å². The zero-order chi connectivity index (χ0) is 15.5. The summed E-state index contributed by atoms with van der Waals surface area (Å²) in [4.78, 5) is 11.5. The van der Waals surface area contributed by atoms with Crippen LogP contribution in [0, 0.1) is 0 Å². The molecule has 1 saturated heterocycles. The van der Waals surface area contributed by atoms with E-state index in [4.69, 9.17) is 4.74 Å². The molecule has 0 radical (unpaired) electrons. The van der Waals surface area contributed by atoms with Crippen LogP contribution in [0.4, 0.5) is 5.95 Å². The number of anilines is 1. The van der Waals surface area contributed by atoms with Crippen LogP contribution in [0.5, 0.6) is 0 Å². The molecule has 3 rings (SSSR count). The van der Waals surface area contributed by atoms with E-state index in [9.17, 15) is 0 Å². The van der Waals surface area contributed by atoms with Crippen molar-refractivity contribution in [2.75, 3.05) is 25.1 Å². The standard InChI is InChI=1S/C15H22N6O/c1-4-10-6-11(5-2)18-15(17-10)21-8-12(14(9-21)22-3)13-7-16-20-19-13/h6-7,12,14H,4-5,8-9H2,1-3H3,(H,16,19,20)/t12-,14+/m0/s1. The summed E-state index contributed by atoms with van der Waals surface area (Å²) in [7, 11) is 1.74. The lowest BCUT2D eigenvalue weighted by Crippen LogP contribution is -2.25. The van der Waals surface area contributed by atoms with Crippen LogP contribution in [0.1, 0.15) is 36.8 Å². The van der Waals surface area contributed by atoms with Gasteiger partial charge < -0.3 is 9.64 Å². The smallest absolute Gasteiger partial charge is 0.225 e. The average molecular weight is 302 g/mol. The first-order chi connectivity index (χ1) is 10.7. The maximum Gasteiger partial charge on any atom is 0.225 e. The summed E-state index contributed by atoms with van der Waals surface area (Å²) >= 11 is 0. The zero-order valence-electron chi connectivity index (χ0n) is 13.3. The summed E-state index contributed by atoms with van der Waals surface area (Å²) in [6.45, 7) is 5.79. The number of nitrogens with one attached hydrogen (secondary N) is 1. The summed E-state index contributed by atoms with van der Waals surface area (Å²) in [6, 6.07) is 2.09. The first-order valence-corrected chi connectivity index (χ1v) is 7.75. The van der Waals surface area contributed by atoms with Gasteiger partial charge in [0.15, 0.2) is 0 Å². The number of methoxy groups -OCH3 is 1. The number of hydrogen-bond acceptors (Lipinski definition) is 6. The molecule has 1 N–H and O–H groups in total. The third-order valence-corrected chi connectivity index (χ3v) is 4.21. The number of aryl methyl sites for hydroxylation is 2. The summed E-state index contributed by atoms with van der Waals surface area (Å²) in [5.41, 5.74) is 3.10. The van der Waals surface area contributed by atoms with Crippen LogP contribution in [-0.2, 0) is 17.6 Å². The molecular weight excluding hydrogens is 280 g/mol. The lowest BCUT2D eigenvalue weighted by atomic mass is 10.0. The number of aromatic amines is 1. The molecule has 118 valence electrons. The molecule has 0 saturated carbocycles. The van der Waals surface area contributed by atoms with Crippen LogP contribution in [-0.4, -0.2) is 51.7 Å². The van der Waals surface area contributed by atoms with E-state index in [-0.39, 0.29) is 12.0 Å². The second-order valence-corrected chi connectivity index (χ2v) is 5.54. The topological polar surface area (TPSA) is 79.8 Å². The van der Waals surface area contributed by atoms with Crippen molar-refractivity contribution < 1.29 is 4.74 Å². The summed E-state index contributed by atoms with van der Waals surface area (Å²) in [6.07, 6.45) is 3.67. The van der Waals surface area contributed by atoms with Gasteiger partial charge in [-0.05, 0) is 18.9 Å². The summed E-state index contributed by atoms with van der Waals surface area (Å²) in [5.74, 6) is 0.979. The van der Waals surface area contributed by atoms with E-state index < -0.39 is 0 Å². The van der Waals surface area contributed by atoms with Crippen molar-refractivity contribution >= 4 is 5.95 Å². The van der Waals surface area contributed by atoms with Crippen LogP contribution in [0.3, 0.4) is 0 Å². The first kappa shape index (κ1) is 14.9. The van der Waals surface area contributed by atoms with Gasteiger partial charge in [0, 0.05) is 31.6 Å². The molecule has 0 aliphatic carbocycles. The number of ether oxygens (including phenoxy) is 1. The molecule has 7 nitrogen and oxygen atoms in total. The Hall–Kier alpha value is -2.02. The second-order valence-electron chi connectivity index (χ2n) is 5.54. The quantitative estimate of drug-likeness (QED) is 0.898. The van der Waals surface area contributed by atoms with E-state index in [0.717, 1.165) is 49.0 Å².